The number of nitrogens with one attached hydrogen (secondary N) is 2. The van der Waals surface area contributed by atoms with Crippen LogP contribution in [0.4, 0.5) is 5.82 Å². The Balaban J connectivity index is 1.51. The van der Waals surface area contributed by atoms with Crippen LogP contribution in [0.2, 0.25) is 0 Å². The molecule has 0 fully saturated rings. The number of thiophene rings is 1. The topological polar surface area (TPSA) is 83.0 Å². The smallest absolute Gasteiger partial charge is 0.257 e. The van der Waals surface area contributed by atoms with Gasteiger partial charge in [0.1, 0.15) is 11.2 Å². The molecule has 0 aliphatic rings. The molecule has 0 radical (unpaired) electrons. The van der Waals surface area contributed by atoms with Gasteiger partial charge in [-0.1, -0.05) is 48.5 Å². The van der Waals surface area contributed by atoms with Crippen molar-refractivity contribution in [2.75, 3.05) is 5.43 Å². The number of rotatable bonds is 4. The lowest BCUT2D eigenvalue weighted by molar-refractivity contribution is 1.19. The van der Waals surface area contributed by atoms with Gasteiger partial charge >= 0.3 is 0 Å². The fraction of sp³-hybridized carbons (Fsp3) is 0.0435. The molecular formula is C23H17N5OS. The maximum Gasteiger partial charge on any atom is 0.257 e. The van der Waals surface area contributed by atoms with Crippen LogP contribution in [-0.4, -0.2) is 21.2 Å². The number of nitrogens with zero attached hydrogens (tertiary/aromatic N) is 3. The Morgan fingerprint density at radius 1 is 1.10 bits per heavy atom. The molecule has 0 aliphatic heterocycles. The van der Waals surface area contributed by atoms with Gasteiger partial charge in [-0.15, -0.1) is 11.3 Å². The Morgan fingerprint density at radius 3 is 2.83 bits per heavy atom. The number of hydrazone groups is 1. The number of benzene rings is 2. The van der Waals surface area contributed by atoms with Crippen molar-refractivity contribution in [3.05, 3.63) is 87.8 Å². The summed E-state index contributed by atoms with van der Waals surface area (Å²) >= 11 is 1.56. The Bertz CT molecular complexity index is 1450. The molecule has 3 aromatic heterocycles. The van der Waals surface area contributed by atoms with E-state index in [4.69, 9.17) is 0 Å². The van der Waals surface area contributed by atoms with Crippen LogP contribution < -0.4 is 11.0 Å². The summed E-state index contributed by atoms with van der Waals surface area (Å²) in [6.45, 7) is 1.97. The summed E-state index contributed by atoms with van der Waals surface area (Å²) in [5.74, 6) is 0.601. The average molecular weight is 411 g/mol. The van der Waals surface area contributed by atoms with Crippen molar-refractivity contribution in [3.8, 4) is 11.1 Å². The number of H-pyrrole nitrogens is 1. The highest BCUT2D eigenvalue weighted by Crippen LogP contribution is 2.36. The molecule has 0 spiro atoms. The molecule has 0 amide bonds. The molecule has 0 unspecified atom stereocenters. The predicted molar refractivity (Wildman–Crippen MR) is 123 cm³/mol. The van der Waals surface area contributed by atoms with Crippen LogP contribution in [0.25, 0.3) is 32.2 Å². The van der Waals surface area contributed by atoms with Gasteiger partial charge in [0.05, 0.1) is 22.7 Å². The molecule has 2 N–H and O–H groups in total. The predicted octanol–water partition coefficient (Wildman–Crippen LogP) is 4.95. The molecule has 7 heteroatoms. The maximum absolute atomic E-state index is 12.4. The summed E-state index contributed by atoms with van der Waals surface area (Å²) in [7, 11) is 0. The van der Waals surface area contributed by atoms with Gasteiger partial charge in [0.25, 0.3) is 5.56 Å². The molecule has 5 aromatic rings. The fourth-order valence-electron chi connectivity index (χ4n) is 3.45. The third kappa shape index (κ3) is 3.25. The molecule has 0 saturated carbocycles. The second-order valence-corrected chi connectivity index (χ2v) is 7.74. The quantitative estimate of drug-likeness (QED) is 0.324. The number of aryl methyl sites for hydroxylation is 1. The minimum atomic E-state index is -0.185. The van der Waals surface area contributed by atoms with E-state index >= 15 is 0 Å². The molecule has 146 valence electrons. The van der Waals surface area contributed by atoms with Gasteiger partial charge in [0, 0.05) is 10.9 Å². The van der Waals surface area contributed by atoms with E-state index in [-0.39, 0.29) is 5.56 Å². The summed E-state index contributed by atoms with van der Waals surface area (Å²) in [5, 5.41) is 8.23. The highest BCUT2D eigenvalue weighted by atomic mass is 32.1. The van der Waals surface area contributed by atoms with E-state index in [1.165, 1.54) is 12.5 Å². The lowest BCUT2D eigenvalue weighted by atomic mass is 10.1. The van der Waals surface area contributed by atoms with E-state index in [2.05, 4.69) is 43.0 Å². The van der Waals surface area contributed by atoms with Crippen molar-refractivity contribution in [1.82, 2.24) is 15.0 Å². The minimum absolute atomic E-state index is 0.185. The maximum atomic E-state index is 12.4. The van der Waals surface area contributed by atoms with Gasteiger partial charge in [-0.05, 0) is 29.5 Å². The SMILES string of the molecule is Cc1cccc2cc(C=NNc3ncnc4scc(-c5ccccc5)c34)c(=O)[nH]c12. The molecule has 0 aliphatic carbocycles. The Morgan fingerprint density at radius 2 is 1.97 bits per heavy atom. The van der Waals surface area contributed by atoms with E-state index in [0.717, 1.165) is 37.8 Å². The molecule has 0 bridgehead atoms. The Labute approximate surface area is 176 Å². The van der Waals surface area contributed by atoms with Crippen LogP contribution in [0, 0.1) is 6.92 Å². The lowest BCUT2D eigenvalue weighted by Crippen LogP contribution is -2.12. The molecular weight excluding hydrogens is 394 g/mol. The van der Waals surface area contributed by atoms with E-state index in [0.29, 0.717) is 11.4 Å². The van der Waals surface area contributed by atoms with Crippen LogP contribution in [0.3, 0.4) is 0 Å². The van der Waals surface area contributed by atoms with E-state index < -0.39 is 0 Å². The van der Waals surface area contributed by atoms with E-state index in [1.807, 2.05) is 49.4 Å². The summed E-state index contributed by atoms with van der Waals surface area (Å²) in [5.41, 5.74) is 7.29. The van der Waals surface area contributed by atoms with Gasteiger partial charge < -0.3 is 4.98 Å². The second-order valence-electron chi connectivity index (χ2n) is 6.88. The first-order valence-electron chi connectivity index (χ1n) is 9.40. The van der Waals surface area contributed by atoms with Crippen LogP contribution in [0.5, 0.6) is 0 Å². The van der Waals surface area contributed by atoms with Crippen LogP contribution in [0.15, 0.2) is 76.2 Å². The van der Waals surface area contributed by atoms with Gasteiger partial charge in [-0.3, -0.25) is 10.2 Å². The first-order chi connectivity index (χ1) is 14.7. The summed E-state index contributed by atoms with van der Waals surface area (Å²) in [4.78, 5) is 25.0. The van der Waals surface area contributed by atoms with Crippen LogP contribution >= 0.6 is 11.3 Å². The third-order valence-corrected chi connectivity index (χ3v) is 5.83. The van der Waals surface area contributed by atoms with Crippen molar-refractivity contribution < 1.29 is 0 Å². The van der Waals surface area contributed by atoms with Crippen molar-refractivity contribution in [3.63, 3.8) is 0 Å². The van der Waals surface area contributed by atoms with Crippen molar-refractivity contribution in [2.24, 2.45) is 5.10 Å². The van der Waals surface area contributed by atoms with Gasteiger partial charge in [-0.2, -0.15) is 5.10 Å². The van der Waals surface area contributed by atoms with E-state index in [9.17, 15) is 4.79 Å². The minimum Gasteiger partial charge on any atom is -0.321 e. The molecule has 0 atom stereocenters. The largest absolute Gasteiger partial charge is 0.321 e. The third-order valence-electron chi connectivity index (χ3n) is 4.95. The number of pyridine rings is 1. The molecule has 0 saturated heterocycles. The van der Waals surface area contributed by atoms with Crippen molar-refractivity contribution in [1.29, 1.82) is 0 Å². The number of fused-ring (bicyclic) bond motifs is 2. The van der Waals surface area contributed by atoms with Crippen molar-refractivity contribution >= 4 is 44.5 Å². The lowest BCUT2D eigenvalue weighted by Gasteiger charge is -2.05. The molecule has 2 aromatic carbocycles. The molecule has 30 heavy (non-hydrogen) atoms. The number of para-hydroxylation sites is 1. The fourth-order valence-corrected chi connectivity index (χ4v) is 4.37. The van der Waals surface area contributed by atoms with E-state index in [1.54, 1.807) is 11.3 Å². The second kappa shape index (κ2) is 7.53. The number of aromatic amines is 1. The Hall–Kier alpha value is -3.84. The van der Waals surface area contributed by atoms with Gasteiger partial charge in [-0.25, -0.2) is 9.97 Å². The highest BCUT2D eigenvalue weighted by Gasteiger charge is 2.12. The first-order valence-corrected chi connectivity index (χ1v) is 10.3. The van der Waals surface area contributed by atoms with Gasteiger partial charge in [0.2, 0.25) is 0 Å². The van der Waals surface area contributed by atoms with Crippen molar-refractivity contribution in [2.45, 2.75) is 6.92 Å². The monoisotopic (exact) mass is 411 g/mol. The number of aromatic nitrogens is 3. The zero-order valence-electron chi connectivity index (χ0n) is 16.1. The molecule has 5 rings (SSSR count). The summed E-state index contributed by atoms with van der Waals surface area (Å²) in [6.07, 6.45) is 3.03. The number of hydrogen-bond acceptors (Lipinski definition) is 6. The first kappa shape index (κ1) is 18.2. The van der Waals surface area contributed by atoms with Crippen LogP contribution in [-0.2, 0) is 0 Å². The standard InChI is InChI=1S/C23H17N5OS/c1-14-6-5-9-16-10-17(22(29)27-20(14)16)11-26-28-21-19-18(15-7-3-2-4-8-15)12-30-23(19)25-13-24-21/h2-13H,1H3,(H,27,29)(H,24,25,28). The molecule has 3 heterocycles. The number of hydrogen-bond donors (Lipinski definition) is 2. The van der Waals surface area contributed by atoms with Crippen LogP contribution in [0.1, 0.15) is 11.1 Å². The summed E-state index contributed by atoms with van der Waals surface area (Å²) in [6, 6.07) is 17.8. The average Bonchev–Trinajstić information content (AvgIpc) is 3.21. The highest BCUT2D eigenvalue weighted by molar-refractivity contribution is 7.17. The normalized spacial score (nSPS) is 11.5. The Kier molecular flexibility index (Phi) is 4.57. The number of anilines is 1. The zero-order valence-corrected chi connectivity index (χ0v) is 16.9. The zero-order chi connectivity index (χ0) is 20.5. The van der Waals surface area contributed by atoms with Gasteiger partial charge in [0.15, 0.2) is 5.82 Å². The molecule has 6 nitrogen and oxygen atoms in total. The summed E-state index contributed by atoms with van der Waals surface area (Å²) < 4.78 is 0.